The minimum Gasteiger partial charge on any atom is -0.495 e. The molecule has 1 aromatic carbocycles. The first-order valence-electron chi connectivity index (χ1n) is 6.65. The van der Waals surface area contributed by atoms with E-state index in [-0.39, 0.29) is 5.54 Å². The van der Waals surface area contributed by atoms with Gasteiger partial charge in [0.1, 0.15) is 5.75 Å². The molecule has 0 amide bonds. The van der Waals surface area contributed by atoms with Crippen LogP contribution < -0.4 is 9.64 Å². The second-order valence-electron chi connectivity index (χ2n) is 5.82. The Bertz CT molecular complexity index is 390. The number of nitrogens with zero attached hydrogens (tertiary/aromatic N) is 2. The molecule has 0 bridgehead atoms. The van der Waals surface area contributed by atoms with Crippen molar-refractivity contribution in [2.75, 3.05) is 38.2 Å². The highest BCUT2D eigenvalue weighted by Gasteiger charge is 2.26. The monoisotopic (exact) mass is 248 g/mol. The van der Waals surface area contributed by atoms with Crippen molar-refractivity contribution in [3.8, 4) is 5.75 Å². The highest BCUT2D eigenvalue weighted by molar-refractivity contribution is 5.58. The molecule has 0 aromatic heterocycles. The summed E-state index contributed by atoms with van der Waals surface area (Å²) in [6, 6.07) is 8.28. The van der Waals surface area contributed by atoms with E-state index in [0.29, 0.717) is 0 Å². The van der Waals surface area contributed by atoms with E-state index in [4.69, 9.17) is 4.74 Å². The van der Waals surface area contributed by atoms with Crippen molar-refractivity contribution in [1.29, 1.82) is 0 Å². The van der Waals surface area contributed by atoms with Gasteiger partial charge in [-0.1, -0.05) is 12.1 Å². The molecule has 0 unspecified atom stereocenters. The minimum atomic E-state index is 0.271. The topological polar surface area (TPSA) is 15.7 Å². The highest BCUT2D eigenvalue weighted by atomic mass is 16.5. The van der Waals surface area contributed by atoms with Crippen LogP contribution in [0.15, 0.2) is 24.3 Å². The van der Waals surface area contributed by atoms with Gasteiger partial charge in [0.05, 0.1) is 12.8 Å². The van der Waals surface area contributed by atoms with Crippen LogP contribution in [0.2, 0.25) is 0 Å². The molecule has 0 radical (unpaired) electrons. The van der Waals surface area contributed by atoms with E-state index in [0.717, 1.165) is 31.9 Å². The Hall–Kier alpha value is -1.22. The molecule has 1 aliphatic rings. The summed E-state index contributed by atoms with van der Waals surface area (Å²) in [7, 11) is 1.74. The van der Waals surface area contributed by atoms with E-state index >= 15 is 0 Å². The van der Waals surface area contributed by atoms with Gasteiger partial charge in [0.25, 0.3) is 0 Å². The smallest absolute Gasteiger partial charge is 0.142 e. The maximum absolute atomic E-state index is 5.44. The van der Waals surface area contributed by atoms with Crippen molar-refractivity contribution in [2.24, 2.45) is 0 Å². The van der Waals surface area contributed by atoms with Crippen molar-refractivity contribution in [2.45, 2.75) is 26.3 Å². The van der Waals surface area contributed by atoms with Crippen LogP contribution >= 0.6 is 0 Å². The van der Waals surface area contributed by atoms with Gasteiger partial charge in [-0.05, 0) is 32.9 Å². The number of methoxy groups -OCH3 is 1. The predicted octanol–water partition coefficient (Wildman–Crippen LogP) is 2.62. The zero-order chi connectivity index (χ0) is 13.2. The maximum atomic E-state index is 5.44. The number of rotatable bonds is 2. The predicted molar refractivity (Wildman–Crippen MR) is 76.5 cm³/mol. The normalized spacial score (nSPS) is 17.9. The third kappa shape index (κ3) is 2.78. The first-order chi connectivity index (χ1) is 8.52. The number of ether oxygens (including phenoxy) is 1. The Kier molecular flexibility index (Phi) is 3.81. The fourth-order valence-electron chi connectivity index (χ4n) is 2.51. The molecule has 0 spiro atoms. The van der Waals surface area contributed by atoms with Crippen molar-refractivity contribution < 1.29 is 4.74 Å². The molecule has 100 valence electrons. The molecule has 1 aliphatic heterocycles. The van der Waals surface area contributed by atoms with E-state index in [1.807, 2.05) is 12.1 Å². The second-order valence-corrected chi connectivity index (χ2v) is 5.82. The standard InChI is InChI=1S/C15H24N2O/c1-15(2,3)17-11-9-16(10-12-17)13-7-5-6-8-14(13)18-4/h5-8H,9-12H2,1-4H3. The Morgan fingerprint density at radius 2 is 1.61 bits per heavy atom. The Balaban J connectivity index is 2.06. The van der Waals surface area contributed by atoms with Crippen molar-refractivity contribution in [3.63, 3.8) is 0 Å². The fourth-order valence-corrected chi connectivity index (χ4v) is 2.51. The lowest BCUT2D eigenvalue weighted by molar-refractivity contribution is 0.128. The number of piperazine rings is 1. The number of hydrogen-bond acceptors (Lipinski definition) is 3. The zero-order valence-corrected chi connectivity index (χ0v) is 11.9. The lowest BCUT2D eigenvalue weighted by Gasteiger charge is -2.43. The van der Waals surface area contributed by atoms with Gasteiger partial charge in [-0.25, -0.2) is 0 Å². The molecule has 0 saturated carbocycles. The van der Waals surface area contributed by atoms with E-state index in [1.165, 1.54) is 5.69 Å². The Labute approximate surface area is 110 Å². The van der Waals surface area contributed by atoms with Gasteiger partial charge < -0.3 is 9.64 Å². The van der Waals surface area contributed by atoms with E-state index < -0.39 is 0 Å². The number of hydrogen-bond donors (Lipinski definition) is 0. The molecular weight excluding hydrogens is 224 g/mol. The Morgan fingerprint density at radius 1 is 1.00 bits per heavy atom. The van der Waals surface area contributed by atoms with Crippen LogP contribution in [-0.4, -0.2) is 43.7 Å². The third-order valence-corrected chi connectivity index (χ3v) is 3.65. The fraction of sp³-hybridized carbons (Fsp3) is 0.600. The van der Waals surface area contributed by atoms with Crippen LogP contribution in [0.5, 0.6) is 5.75 Å². The van der Waals surface area contributed by atoms with Crippen molar-refractivity contribution in [3.05, 3.63) is 24.3 Å². The summed E-state index contributed by atoms with van der Waals surface area (Å²) in [5.41, 5.74) is 1.49. The molecule has 1 saturated heterocycles. The van der Waals surface area contributed by atoms with E-state index in [2.05, 4.69) is 42.7 Å². The van der Waals surface area contributed by atoms with Gasteiger partial charge in [-0.2, -0.15) is 0 Å². The van der Waals surface area contributed by atoms with Gasteiger partial charge in [-0.15, -0.1) is 0 Å². The van der Waals surface area contributed by atoms with Gasteiger partial charge in [0.15, 0.2) is 0 Å². The zero-order valence-electron chi connectivity index (χ0n) is 11.9. The molecule has 1 fully saturated rings. The van der Waals surface area contributed by atoms with Crippen molar-refractivity contribution in [1.82, 2.24) is 4.90 Å². The molecular formula is C15H24N2O. The molecule has 3 heteroatoms. The summed E-state index contributed by atoms with van der Waals surface area (Å²) < 4.78 is 5.44. The van der Waals surface area contributed by atoms with Crippen LogP contribution in [0.4, 0.5) is 5.69 Å². The van der Waals surface area contributed by atoms with Crippen molar-refractivity contribution >= 4 is 5.69 Å². The van der Waals surface area contributed by atoms with Gasteiger partial charge in [0.2, 0.25) is 0 Å². The van der Waals surface area contributed by atoms with Crippen LogP contribution in [0.3, 0.4) is 0 Å². The number of anilines is 1. The molecule has 2 rings (SSSR count). The summed E-state index contributed by atoms with van der Waals surface area (Å²) in [6.45, 7) is 11.2. The van der Waals surface area contributed by atoms with Gasteiger partial charge in [0, 0.05) is 31.7 Å². The summed E-state index contributed by atoms with van der Waals surface area (Å²) in [6.07, 6.45) is 0. The first kappa shape index (κ1) is 13.2. The molecule has 0 aliphatic carbocycles. The SMILES string of the molecule is COc1ccccc1N1CCN(C(C)(C)C)CC1. The van der Waals surface area contributed by atoms with Crippen LogP contribution in [0, 0.1) is 0 Å². The number of para-hydroxylation sites is 2. The highest BCUT2D eigenvalue weighted by Crippen LogP contribution is 2.29. The maximum Gasteiger partial charge on any atom is 0.142 e. The van der Waals surface area contributed by atoms with Gasteiger partial charge >= 0.3 is 0 Å². The van der Waals surface area contributed by atoms with Crippen LogP contribution in [-0.2, 0) is 0 Å². The summed E-state index contributed by atoms with van der Waals surface area (Å²) in [5.74, 6) is 0.974. The van der Waals surface area contributed by atoms with E-state index in [9.17, 15) is 0 Å². The molecule has 3 nitrogen and oxygen atoms in total. The molecule has 1 aromatic rings. The lowest BCUT2D eigenvalue weighted by atomic mass is 10.0. The molecule has 0 atom stereocenters. The molecule has 0 N–H and O–H groups in total. The Morgan fingerprint density at radius 3 is 2.17 bits per heavy atom. The summed E-state index contributed by atoms with van der Waals surface area (Å²) in [4.78, 5) is 4.96. The van der Waals surface area contributed by atoms with Crippen LogP contribution in [0.25, 0.3) is 0 Å². The quantitative estimate of drug-likeness (QED) is 0.800. The number of benzene rings is 1. The lowest BCUT2D eigenvalue weighted by Crippen LogP contribution is -2.53. The summed E-state index contributed by atoms with van der Waals surface area (Å²) in [5, 5.41) is 0. The first-order valence-corrected chi connectivity index (χ1v) is 6.65. The van der Waals surface area contributed by atoms with Crippen LogP contribution in [0.1, 0.15) is 20.8 Å². The van der Waals surface area contributed by atoms with E-state index in [1.54, 1.807) is 7.11 Å². The largest absolute Gasteiger partial charge is 0.495 e. The average molecular weight is 248 g/mol. The third-order valence-electron chi connectivity index (χ3n) is 3.65. The molecule has 18 heavy (non-hydrogen) atoms. The molecule has 1 heterocycles. The second kappa shape index (κ2) is 5.19. The van der Waals surface area contributed by atoms with Gasteiger partial charge in [-0.3, -0.25) is 4.90 Å². The average Bonchev–Trinajstić information content (AvgIpc) is 2.38. The minimum absolute atomic E-state index is 0.271. The summed E-state index contributed by atoms with van der Waals surface area (Å²) >= 11 is 0.